The molecule has 25 heavy (non-hydrogen) atoms. The molecule has 3 rings (SSSR count). The topological polar surface area (TPSA) is 85.5 Å². The van der Waals surface area contributed by atoms with E-state index in [0.717, 1.165) is 36.9 Å². The third kappa shape index (κ3) is 3.40. The molecule has 1 aliphatic rings. The number of carbonyl (C=O) groups is 1. The van der Waals surface area contributed by atoms with Crippen molar-refractivity contribution in [3.8, 4) is 17.2 Å². The molecule has 7 nitrogen and oxygen atoms in total. The second-order valence-electron chi connectivity index (χ2n) is 5.96. The van der Waals surface area contributed by atoms with Crippen LogP contribution in [0, 0.1) is 0 Å². The summed E-state index contributed by atoms with van der Waals surface area (Å²) >= 11 is 0. The van der Waals surface area contributed by atoms with Crippen molar-refractivity contribution in [2.24, 2.45) is 0 Å². The Hall–Kier alpha value is -2.70. The average molecular weight is 345 g/mol. The molecule has 0 saturated carbocycles. The SMILES string of the molecule is COc1cc(NC(=O)c2n[nH]c3c2CCCCC3)cc(OC)c1OC. The molecule has 1 aromatic heterocycles. The van der Waals surface area contributed by atoms with E-state index in [1.807, 2.05) is 0 Å². The maximum Gasteiger partial charge on any atom is 0.276 e. The normalized spacial score (nSPS) is 13.6. The second kappa shape index (κ2) is 7.46. The molecule has 7 heteroatoms. The van der Waals surface area contributed by atoms with Crippen LogP contribution >= 0.6 is 0 Å². The van der Waals surface area contributed by atoms with E-state index in [-0.39, 0.29) is 5.91 Å². The van der Waals surface area contributed by atoms with Crippen LogP contribution in [0.2, 0.25) is 0 Å². The highest BCUT2D eigenvalue weighted by atomic mass is 16.5. The first-order valence-corrected chi connectivity index (χ1v) is 8.35. The summed E-state index contributed by atoms with van der Waals surface area (Å²) in [6.45, 7) is 0. The van der Waals surface area contributed by atoms with E-state index in [2.05, 4.69) is 15.5 Å². The highest BCUT2D eigenvalue weighted by Gasteiger charge is 2.22. The van der Waals surface area contributed by atoms with Gasteiger partial charge in [0.1, 0.15) is 0 Å². The number of anilines is 1. The minimum absolute atomic E-state index is 0.242. The molecule has 0 bridgehead atoms. The summed E-state index contributed by atoms with van der Waals surface area (Å²) in [4.78, 5) is 12.7. The van der Waals surface area contributed by atoms with Crippen LogP contribution in [-0.4, -0.2) is 37.4 Å². The number of fused-ring (bicyclic) bond motifs is 1. The monoisotopic (exact) mass is 345 g/mol. The van der Waals surface area contributed by atoms with E-state index in [4.69, 9.17) is 14.2 Å². The van der Waals surface area contributed by atoms with Crippen LogP contribution in [0.3, 0.4) is 0 Å². The van der Waals surface area contributed by atoms with Crippen molar-refractivity contribution in [1.29, 1.82) is 0 Å². The second-order valence-corrected chi connectivity index (χ2v) is 5.96. The van der Waals surface area contributed by atoms with Crippen molar-refractivity contribution in [3.05, 3.63) is 29.1 Å². The number of carbonyl (C=O) groups excluding carboxylic acids is 1. The van der Waals surface area contributed by atoms with Gasteiger partial charge in [-0.15, -0.1) is 0 Å². The fraction of sp³-hybridized carbons (Fsp3) is 0.444. The summed E-state index contributed by atoms with van der Waals surface area (Å²) in [5.74, 6) is 1.21. The number of nitrogens with zero attached hydrogens (tertiary/aromatic N) is 1. The quantitative estimate of drug-likeness (QED) is 0.814. The Morgan fingerprint density at radius 2 is 1.72 bits per heavy atom. The minimum Gasteiger partial charge on any atom is -0.493 e. The summed E-state index contributed by atoms with van der Waals surface area (Å²) in [6, 6.07) is 3.40. The van der Waals surface area contributed by atoms with Gasteiger partial charge in [0.2, 0.25) is 5.75 Å². The van der Waals surface area contributed by atoms with Gasteiger partial charge in [0.25, 0.3) is 5.91 Å². The van der Waals surface area contributed by atoms with Crippen molar-refractivity contribution in [2.75, 3.05) is 26.6 Å². The number of nitrogens with one attached hydrogen (secondary N) is 2. The lowest BCUT2D eigenvalue weighted by molar-refractivity contribution is 0.102. The molecule has 1 amide bonds. The Labute approximate surface area is 146 Å². The molecule has 134 valence electrons. The van der Waals surface area contributed by atoms with Crippen LogP contribution in [0.5, 0.6) is 17.2 Å². The molecule has 0 radical (unpaired) electrons. The van der Waals surface area contributed by atoms with Gasteiger partial charge >= 0.3 is 0 Å². The Morgan fingerprint density at radius 1 is 1.04 bits per heavy atom. The van der Waals surface area contributed by atoms with Crippen LogP contribution in [0.15, 0.2) is 12.1 Å². The van der Waals surface area contributed by atoms with E-state index >= 15 is 0 Å². The molecule has 1 aliphatic carbocycles. The number of H-pyrrole nitrogens is 1. The van der Waals surface area contributed by atoms with E-state index in [0.29, 0.717) is 28.6 Å². The molecule has 1 heterocycles. The number of rotatable bonds is 5. The van der Waals surface area contributed by atoms with E-state index in [1.165, 1.54) is 27.8 Å². The molecule has 0 atom stereocenters. The fourth-order valence-electron chi connectivity index (χ4n) is 3.19. The van der Waals surface area contributed by atoms with Gasteiger partial charge in [-0.2, -0.15) is 5.10 Å². The number of aromatic amines is 1. The first kappa shape index (κ1) is 17.1. The van der Waals surface area contributed by atoms with E-state index < -0.39 is 0 Å². The Balaban J connectivity index is 1.87. The number of hydrogen-bond donors (Lipinski definition) is 2. The summed E-state index contributed by atoms with van der Waals surface area (Å²) in [6.07, 6.45) is 5.21. The molecule has 0 fully saturated rings. The highest BCUT2D eigenvalue weighted by Crippen LogP contribution is 2.40. The average Bonchev–Trinajstić information content (AvgIpc) is 2.89. The lowest BCUT2D eigenvalue weighted by Crippen LogP contribution is -2.15. The van der Waals surface area contributed by atoms with Crippen molar-refractivity contribution in [3.63, 3.8) is 0 Å². The molecule has 2 N–H and O–H groups in total. The third-order valence-corrected chi connectivity index (χ3v) is 4.44. The summed E-state index contributed by atoms with van der Waals surface area (Å²) in [7, 11) is 4.62. The van der Waals surface area contributed by atoms with Gasteiger partial charge in [0, 0.05) is 29.1 Å². The lowest BCUT2D eigenvalue weighted by atomic mass is 10.1. The van der Waals surface area contributed by atoms with Crippen molar-refractivity contribution >= 4 is 11.6 Å². The maximum absolute atomic E-state index is 12.7. The molecule has 1 aromatic carbocycles. The van der Waals surface area contributed by atoms with Crippen LogP contribution < -0.4 is 19.5 Å². The zero-order valence-electron chi connectivity index (χ0n) is 14.8. The molecule has 0 unspecified atom stereocenters. The van der Waals surface area contributed by atoms with Gasteiger partial charge in [-0.05, 0) is 25.7 Å². The lowest BCUT2D eigenvalue weighted by Gasteiger charge is -2.14. The number of aryl methyl sites for hydroxylation is 1. The van der Waals surface area contributed by atoms with E-state index in [9.17, 15) is 4.79 Å². The van der Waals surface area contributed by atoms with Crippen LogP contribution in [0.1, 0.15) is 41.0 Å². The minimum atomic E-state index is -0.242. The zero-order valence-corrected chi connectivity index (χ0v) is 14.8. The van der Waals surface area contributed by atoms with Crippen molar-refractivity contribution in [1.82, 2.24) is 10.2 Å². The smallest absolute Gasteiger partial charge is 0.276 e. The standard InChI is InChI=1S/C18H23N3O4/c1-23-14-9-11(10-15(24-2)17(14)25-3)19-18(22)16-12-7-5-4-6-8-13(12)20-21-16/h9-10H,4-8H2,1-3H3,(H,19,22)(H,20,21). The van der Waals surface area contributed by atoms with Gasteiger partial charge in [-0.25, -0.2) is 0 Å². The maximum atomic E-state index is 12.7. The highest BCUT2D eigenvalue weighted by molar-refractivity contribution is 6.04. The van der Waals surface area contributed by atoms with Crippen LogP contribution in [0.25, 0.3) is 0 Å². The van der Waals surface area contributed by atoms with E-state index in [1.54, 1.807) is 12.1 Å². The number of benzene rings is 1. The van der Waals surface area contributed by atoms with Gasteiger partial charge in [0.15, 0.2) is 17.2 Å². The van der Waals surface area contributed by atoms with Crippen molar-refractivity contribution in [2.45, 2.75) is 32.1 Å². The molecular formula is C18H23N3O4. The predicted octanol–water partition coefficient (Wildman–Crippen LogP) is 2.96. The molecule has 2 aromatic rings. The first-order valence-electron chi connectivity index (χ1n) is 8.35. The summed E-state index contributed by atoms with van der Waals surface area (Å²) < 4.78 is 15.9. The van der Waals surface area contributed by atoms with Crippen LogP contribution in [0.4, 0.5) is 5.69 Å². The zero-order chi connectivity index (χ0) is 17.8. The molecule has 0 spiro atoms. The molecular weight excluding hydrogens is 322 g/mol. The van der Waals surface area contributed by atoms with Crippen molar-refractivity contribution < 1.29 is 19.0 Å². The number of amides is 1. The largest absolute Gasteiger partial charge is 0.493 e. The summed E-state index contributed by atoms with van der Waals surface area (Å²) in [5.41, 5.74) is 3.13. The summed E-state index contributed by atoms with van der Waals surface area (Å²) in [5, 5.41) is 10.1. The third-order valence-electron chi connectivity index (χ3n) is 4.44. The Kier molecular flexibility index (Phi) is 5.11. The predicted molar refractivity (Wildman–Crippen MR) is 93.9 cm³/mol. The molecule has 0 aliphatic heterocycles. The Bertz CT molecular complexity index is 745. The molecule has 0 saturated heterocycles. The Morgan fingerprint density at radius 3 is 2.36 bits per heavy atom. The fourth-order valence-corrected chi connectivity index (χ4v) is 3.19. The van der Waals surface area contributed by atoms with Gasteiger partial charge in [-0.1, -0.05) is 6.42 Å². The van der Waals surface area contributed by atoms with Gasteiger partial charge < -0.3 is 19.5 Å². The number of aromatic nitrogens is 2. The van der Waals surface area contributed by atoms with Gasteiger partial charge in [-0.3, -0.25) is 9.89 Å². The number of hydrogen-bond acceptors (Lipinski definition) is 5. The number of ether oxygens (including phenoxy) is 3. The van der Waals surface area contributed by atoms with Gasteiger partial charge in [0.05, 0.1) is 21.3 Å². The first-order chi connectivity index (χ1) is 12.2. The van der Waals surface area contributed by atoms with Crippen LogP contribution in [-0.2, 0) is 12.8 Å². The number of methoxy groups -OCH3 is 3.